The molecule has 0 spiro atoms. The number of thiazole rings is 1. The fraction of sp³-hybridized carbons (Fsp3) is 0.0769. The molecule has 0 aliphatic heterocycles. The van der Waals surface area contributed by atoms with Gasteiger partial charge in [-0.3, -0.25) is 4.98 Å². The van der Waals surface area contributed by atoms with Crippen LogP contribution in [-0.4, -0.2) is 22.2 Å². The van der Waals surface area contributed by atoms with E-state index in [4.69, 9.17) is 4.74 Å². The van der Waals surface area contributed by atoms with Gasteiger partial charge in [-0.2, -0.15) is 0 Å². The zero-order valence-electron chi connectivity index (χ0n) is 9.62. The Bertz CT molecular complexity index is 676. The van der Waals surface area contributed by atoms with Crippen LogP contribution in [-0.2, 0) is 0 Å². The topological polar surface area (TPSA) is 55.2 Å². The molecule has 0 radical (unpaired) electrons. The fourth-order valence-electron chi connectivity index (χ4n) is 1.75. The van der Waals surface area contributed by atoms with Crippen molar-refractivity contribution in [2.75, 3.05) is 7.11 Å². The van der Waals surface area contributed by atoms with E-state index >= 15 is 0 Å². The number of aromatic hydroxyl groups is 1. The van der Waals surface area contributed by atoms with E-state index in [1.165, 1.54) is 18.4 Å². The molecule has 0 amide bonds. The molecule has 5 heteroatoms. The van der Waals surface area contributed by atoms with Crippen molar-refractivity contribution >= 4 is 21.6 Å². The van der Waals surface area contributed by atoms with Crippen LogP contribution in [0.25, 0.3) is 20.8 Å². The zero-order valence-corrected chi connectivity index (χ0v) is 10.4. The SMILES string of the molecule is COc1cccc(-c2nc3cnccc3s2)c1O. The second-order valence-corrected chi connectivity index (χ2v) is 4.75. The number of para-hydroxylation sites is 1. The molecule has 4 nitrogen and oxygen atoms in total. The number of methoxy groups -OCH3 is 1. The summed E-state index contributed by atoms with van der Waals surface area (Å²) in [5, 5.41) is 10.9. The molecule has 0 unspecified atom stereocenters. The Balaban J connectivity index is 2.20. The first-order valence-corrected chi connectivity index (χ1v) is 6.18. The molecule has 90 valence electrons. The molecule has 0 saturated heterocycles. The predicted molar refractivity (Wildman–Crippen MR) is 71.1 cm³/mol. The largest absolute Gasteiger partial charge is 0.504 e. The van der Waals surface area contributed by atoms with Crippen LogP contribution in [0.3, 0.4) is 0 Å². The van der Waals surface area contributed by atoms with E-state index in [1.54, 1.807) is 18.5 Å². The lowest BCUT2D eigenvalue weighted by molar-refractivity contribution is 0.374. The van der Waals surface area contributed by atoms with E-state index in [2.05, 4.69) is 9.97 Å². The summed E-state index contributed by atoms with van der Waals surface area (Å²) in [6.07, 6.45) is 3.45. The summed E-state index contributed by atoms with van der Waals surface area (Å²) in [5.41, 5.74) is 1.51. The molecule has 0 aliphatic rings. The Kier molecular flexibility index (Phi) is 2.60. The maximum absolute atomic E-state index is 10.1. The maximum Gasteiger partial charge on any atom is 0.168 e. The van der Waals surface area contributed by atoms with Crippen molar-refractivity contribution in [1.82, 2.24) is 9.97 Å². The molecular formula is C13H10N2O2S. The summed E-state index contributed by atoms with van der Waals surface area (Å²) in [7, 11) is 1.53. The van der Waals surface area contributed by atoms with Crippen LogP contribution in [0.15, 0.2) is 36.7 Å². The first-order valence-electron chi connectivity index (χ1n) is 5.36. The van der Waals surface area contributed by atoms with Crippen molar-refractivity contribution in [3.63, 3.8) is 0 Å². The Hall–Kier alpha value is -2.14. The normalized spacial score (nSPS) is 10.7. The fourth-order valence-corrected chi connectivity index (χ4v) is 2.71. The van der Waals surface area contributed by atoms with Gasteiger partial charge in [0.05, 0.1) is 23.6 Å². The van der Waals surface area contributed by atoms with Gasteiger partial charge in [-0.05, 0) is 18.2 Å². The number of rotatable bonds is 2. The van der Waals surface area contributed by atoms with Gasteiger partial charge in [0, 0.05) is 6.20 Å². The van der Waals surface area contributed by atoms with Crippen molar-refractivity contribution in [3.05, 3.63) is 36.7 Å². The zero-order chi connectivity index (χ0) is 12.5. The third-order valence-corrected chi connectivity index (χ3v) is 3.71. The molecule has 1 N–H and O–H groups in total. The lowest BCUT2D eigenvalue weighted by Crippen LogP contribution is -1.85. The van der Waals surface area contributed by atoms with E-state index in [-0.39, 0.29) is 5.75 Å². The number of ether oxygens (including phenoxy) is 1. The Morgan fingerprint density at radius 2 is 2.17 bits per heavy atom. The monoisotopic (exact) mass is 258 g/mol. The quantitative estimate of drug-likeness (QED) is 0.767. The minimum atomic E-state index is 0.118. The number of benzene rings is 1. The molecule has 2 aromatic heterocycles. The molecular weight excluding hydrogens is 248 g/mol. The number of hydrogen-bond acceptors (Lipinski definition) is 5. The first-order chi connectivity index (χ1) is 8.79. The average Bonchev–Trinajstić information content (AvgIpc) is 2.82. The molecule has 18 heavy (non-hydrogen) atoms. The van der Waals surface area contributed by atoms with E-state index in [1.807, 2.05) is 18.2 Å². The maximum atomic E-state index is 10.1. The lowest BCUT2D eigenvalue weighted by atomic mass is 10.2. The number of aromatic nitrogens is 2. The minimum Gasteiger partial charge on any atom is -0.504 e. The summed E-state index contributed by atoms with van der Waals surface area (Å²) < 4.78 is 6.14. The third kappa shape index (κ3) is 1.69. The van der Waals surface area contributed by atoms with Gasteiger partial charge in [-0.1, -0.05) is 6.07 Å². The molecule has 0 aliphatic carbocycles. The second kappa shape index (κ2) is 4.27. The van der Waals surface area contributed by atoms with Crippen LogP contribution in [0.2, 0.25) is 0 Å². The van der Waals surface area contributed by atoms with Crippen LogP contribution >= 0.6 is 11.3 Å². The molecule has 0 bridgehead atoms. The molecule has 1 aromatic carbocycles. The molecule has 0 saturated carbocycles. The number of nitrogens with zero attached hydrogens (tertiary/aromatic N) is 2. The predicted octanol–water partition coefficient (Wildman–Crippen LogP) is 3.07. The van der Waals surface area contributed by atoms with Gasteiger partial charge in [-0.15, -0.1) is 11.3 Å². The highest BCUT2D eigenvalue weighted by molar-refractivity contribution is 7.21. The summed E-state index contributed by atoms with van der Waals surface area (Å²) in [4.78, 5) is 8.49. The highest BCUT2D eigenvalue weighted by Gasteiger charge is 2.13. The number of pyridine rings is 1. The van der Waals surface area contributed by atoms with Gasteiger partial charge in [-0.25, -0.2) is 4.98 Å². The van der Waals surface area contributed by atoms with Crippen LogP contribution in [0.5, 0.6) is 11.5 Å². The van der Waals surface area contributed by atoms with Crippen molar-refractivity contribution in [3.8, 4) is 22.1 Å². The summed E-state index contributed by atoms with van der Waals surface area (Å²) in [6, 6.07) is 7.28. The third-order valence-electron chi connectivity index (χ3n) is 2.64. The van der Waals surface area contributed by atoms with Crippen LogP contribution in [0, 0.1) is 0 Å². The highest BCUT2D eigenvalue weighted by atomic mass is 32.1. The Morgan fingerprint density at radius 3 is 2.94 bits per heavy atom. The van der Waals surface area contributed by atoms with Gasteiger partial charge < -0.3 is 9.84 Å². The first kappa shape index (κ1) is 11.0. The number of fused-ring (bicyclic) bond motifs is 1. The molecule has 0 fully saturated rings. The van der Waals surface area contributed by atoms with Crippen molar-refractivity contribution in [2.24, 2.45) is 0 Å². The van der Waals surface area contributed by atoms with E-state index < -0.39 is 0 Å². The van der Waals surface area contributed by atoms with Gasteiger partial charge in [0.1, 0.15) is 10.5 Å². The smallest absolute Gasteiger partial charge is 0.168 e. The summed E-state index contributed by atoms with van der Waals surface area (Å²) in [6.45, 7) is 0. The van der Waals surface area contributed by atoms with Crippen molar-refractivity contribution in [2.45, 2.75) is 0 Å². The van der Waals surface area contributed by atoms with Gasteiger partial charge in [0.15, 0.2) is 11.5 Å². The summed E-state index contributed by atoms with van der Waals surface area (Å²) in [5.74, 6) is 0.567. The minimum absolute atomic E-state index is 0.118. The number of hydrogen-bond donors (Lipinski definition) is 1. The molecule has 0 atom stereocenters. The van der Waals surface area contributed by atoms with Gasteiger partial charge >= 0.3 is 0 Å². The Morgan fingerprint density at radius 1 is 1.28 bits per heavy atom. The van der Waals surface area contributed by atoms with E-state index in [0.717, 1.165) is 15.2 Å². The highest BCUT2D eigenvalue weighted by Crippen LogP contribution is 2.39. The van der Waals surface area contributed by atoms with E-state index in [9.17, 15) is 5.11 Å². The van der Waals surface area contributed by atoms with Crippen molar-refractivity contribution < 1.29 is 9.84 Å². The Labute approximate surface area is 108 Å². The van der Waals surface area contributed by atoms with E-state index in [0.29, 0.717) is 11.3 Å². The summed E-state index contributed by atoms with van der Waals surface area (Å²) >= 11 is 1.52. The standard InChI is InChI=1S/C13H10N2O2S/c1-17-10-4-2-3-8(12(10)16)13-15-9-7-14-6-5-11(9)18-13/h2-7,16H,1H3. The van der Waals surface area contributed by atoms with Crippen LogP contribution < -0.4 is 4.74 Å². The van der Waals surface area contributed by atoms with Gasteiger partial charge in [0.2, 0.25) is 0 Å². The van der Waals surface area contributed by atoms with Crippen LogP contribution in [0.4, 0.5) is 0 Å². The second-order valence-electron chi connectivity index (χ2n) is 3.72. The average molecular weight is 258 g/mol. The molecule has 3 aromatic rings. The van der Waals surface area contributed by atoms with Crippen LogP contribution in [0.1, 0.15) is 0 Å². The van der Waals surface area contributed by atoms with Gasteiger partial charge in [0.25, 0.3) is 0 Å². The molecule has 2 heterocycles. The lowest BCUT2D eigenvalue weighted by Gasteiger charge is -2.05. The van der Waals surface area contributed by atoms with Crippen molar-refractivity contribution in [1.29, 1.82) is 0 Å². The number of phenolic OH excluding ortho intramolecular Hbond substituents is 1. The molecule has 3 rings (SSSR count). The number of phenols is 1.